The fourth-order valence-electron chi connectivity index (χ4n) is 4.58. The van der Waals surface area contributed by atoms with Gasteiger partial charge in [0.25, 0.3) is 0 Å². The second-order valence-corrected chi connectivity index (χ2v) is 9.44. The molecule has 1 aromatic carbocycles. The third-order valence-electron chi connectivity index (χ3n) is 5.92. The molecule has 31 heavy (non-hydrogen) atoms. The van der Waals surface area contributed by atoms with E-state index in [1.165, 1.54) is 0 Å². The SMILES string of the molecule is CC1CN(C(C(=O)N2CCN(CC(=O)Nc3ccccc3Cl)CC2)C(C)C)CC(C)O1. The zero-order chi connectivity index (χ0) is 22.5. The van der Waals surface area contributed by atoms with Gasteiger partial charge in [-0.2, -0.15) is 0 Å². The van der Waals surface area contributed by atoms with Crippen LogP contribution in [0.1, 0.15) is 27.7 Å². The second-order valence-electron chi connectivity index (χ2n) is 9.03. The van der Waals surface area contributed by atoms with Gasteiger partial charge in [-0.05, 0) is 31.9 Å². The van der Waals surface area contributed by atoms with Gasteiger partial charge in [-0.15, -0.1) is 0 Å². The lowest BCUT2D eigenvalue weighted by Gasteiger charge is -2.44. The summed E-state index contributed by atoms with van der Waals surface area (Å²) < 4.78 is 5.85. The minimum Gasteiger partial charge on any atom is -0.373 e. The molecule has 3 atom stereocenters. The van der Waals surface area contributed by atoms with Crippen molar-refractivity contribution in [1.82, 2.24) is 14.7 Å². The molecule has 2 heterocycles. The Morgan fingerprint density at radius 1 is 1.10 bits per heavy atom. The van der Waals surface area contributed by atoms with Gasteiger partial charge in [-0.1, -0.05) is 37.6 Å². The highest BCUT2D eigenvalue weighted by Gasteiger charge is 2.37. The van der Waals surface area contributed by atoms with Crippen LogP contribution in [0.15, 0.2) is 24.3 Å². The van der Waals surface area contributed by atoms with Gasteiger partial charge in [0, 0.05) is 39.3 Å². The molecule has 3 rings (SSSR count). The van der Waals surface area contributed by atoms with Gasteiger partial charge >= 0.3 is 0 Å². The summed E-state index contributed by atoms with van der Waals surface area (Å²) in [5, 5.41) is 3.39. The Hall–Kier alpha value is -1.67. The Kier molecular flexibility index (Phi) is 8.33. The van der Waals surface area contributed by atoms with E-state index in [4.69, 9.17) is 16.3 Å². The van der Waals surface area contributed by atoms with Crippen molar-refractivity contribution in [3.63, 3.8) is 0 Å². The summed E-state index contributed by atoms with van der Waals surface area (Å²) in [6.07, 6.45) is 0.262. The van der Waals surface area contributed by atoms with Crippen LogP contribution in [0.5, 0.6) is 0 Å². The van der Waals surface area contributed by atoms with E-state index < -0.39 is 0 Å². The van der Waals surface area contributed by atoms with E-state index in [2.05, 4.69) is 42.8 Å². The Labute approximate surface area is 190 Å². The summed E-state index contributed by atoms with van der Waals surface area (Å²) in [4.78, 5) is 32.1. The number of nitrogens with zero attached hydrogens (tertiary/aromatic N) is 3. The van der Waals surface area contributed by atoms with Crippen LogP contribution < -0.4 is 5.32 Å². The number of benzene rings is 1. The predicted octanol–water partition coefficient (Wildman–Crippen LogP) is 2.56. The number of hydrogen-bond acceptors (Lipinski definition) is 5. The van der Waals surface area contributed by atoms with Crippen LogP contribution in [0.3, 0.4) is 0 Å². The summed E-state index contributed by atoms with van der Waals surface area (Å²) >= 11 is 6.12. The summed E-state index contributed by atoms with van der Waals surface area (Å²) in [5.41, 5.74) is 0.622. The lowest BCUT2D eigenvalue weighted by molar-refractivity contribution is -0.147. The number of morpholine rings is 1. The minimum absolute atomic E-state index is 0.0933. The zero-order valence-corrected chi connectivity index (χ0v) is 19.8. The van der Waals surface area contributed by atoms with E-state index in [0.29, 0.717) is 43.4 Å². The number of piperazine rings is 1. The van der Waals surface area contributed by atoms with Gasteiger partial charge in [0.2, 0.25) is 11.8 Å². The van der Waals surface area contributed by atoms with Gasteiger partial charge in [0.15, 0.2) is 0 Å². The molecule has 0 radical (unpaired) electrons. The van der Waals surface area contributed by atoms with Crippen molar-refractivity contribution in [2.45, 2.75) is 45.9 Å². The molecule has 0 bridgehead atoms. The Morgan fingerprint density at radius 3 is 2.29 bits per heavy atom. The second kappa shape index (κ2) is 10.8. The van der Waals surface area contributed by atoms with Crippen LogP contribution >= 0.6 is 11.6 Å². The van der Waals surface area contributed by atoms with E-state index in [1.807, 2.05) is 17.0 Å². The molecule has 3 unspecified atom stereocenters. The number of hydrogen-bond donors (Lipinski definition) is 1. The number of nitrogens with one attached hydrogen (secondary N) is 1. The average Bonchev–Trinajstić information content (AvgIpc) is 2.69. The highest BCUT2D eigenvalue weighted by atomic mass is 35.5. The minimum atomic E-state index is -0.135. The number of rotatable bonds is 6. The van der Waals surface area contributed by atoms with E-state index in [0.717, 1.165) is 13.1 Å². The largest absolute Gasteiger partial charge is 0.373 e. The summed E-state index contributed by atoms with van der Waals surface area (Å²) in [6.45, 7) is 12.8. The van der Waals surface area contributed by atoms with Crippen LogP contribution in [0.25, 0.3) is 0 Å². The number of ether oxygens (including phenoxy) is 1. The van der Waals surface area contributed by atoms with Crippen molar-refractivity contribution in [2.75, 3.05) is 51.1 Å². The van der Waals surface area contributed by atoms with E-state index in [-0.39, 0.29) is 36.0 Å². The number of anilines is 1. The third-order valence-corrected chi connectivity index (χ3v) is 6.25. The highest BCUT2D eigenvalue weighted by Crippen LogP contribution is 2.22. The van der Waals surface area contributed by atoms with Gasteiger partial charge in [0.05, 0.1) is 35.5 Å². The van der Waals surface area contributed by atoms with Crippen molar-refractivity contribution < 1.29 is 14.3 Å². The first-order chi connectivity index (χ1) is 14.7. The third kappa shape index (κ3) is 6.42. The topological polar surface area (TPSA) is 65.1 Å². The van der Waals surface area contributed by atoms with Crippen LogP contribution in [0.4, 0.5) is 5.69 Å². The Balaban J connectivity index is 1.52. The molecule has 2 saturated heterocycles. The number of carbonyl (C=O) groups is 2. The smallest absolute Gasteiger partial charge is 0.240 e. The molecule has 2 amide bonds. The molecular formula is C23H35ClN4O3. The molecular weight excluding hydrogens is 416 g/mol. The van der Waals surface area contributed by atoms with Crippen LogP contribution in [0, 0.1) is 5.92 Å². The average molecular weight is 451 g/mol. The fourth-order valence-corrected chi connectivity index (χ4v) is 4.76. The van der Waals surface area contributed by atoms with Crippen LogP contribution in [-0.4, -0.2) is 90.6 Å². The quantitative estimate of drug-likeness (QED) is 0.721. The number of halogens is 1. The Bertz CT molecular complexity index is 757. The molecule has 2 aliphatic rings. The Morgan fingerprint density at radius 2 is 1.71 bits per heavy atom. The van der Waals surface area contributed by atoms with E-state index in [1.54, 1.807) is 12.1 Å². The van der Waals surface area contributed by atoms with Crippen molar-refractivity contribution in [3.8, 4) is 0 Å². The molecule has 8 heteroatoms. The molecule has 0 aliphatic carbocycles. The lowest BCUT2D eigenvalue weighted by Crippen LogP contribution is -2.60. The lowest BCUT2D eigenvalue weighted by atomic mass is 9.98. The van der Waals surface area contributed by atoms with E-state index >= 15 is 0 Å². The van der Waals surface area contributed by atoms with Crippen LogP contribution in [-0.2, 0) is 14.3 Å². The first-order valence-electron chi connectivity index (χ1n) is 11.2. The maximum Gasteiger partial charge on any atom is 0.240 e. The first kappa shape index (κ1) is 24.0. The molecule has 1 N–H and O–H groups in total. The molecule has 0 spiro atoms. The summed E-state index contributed by atoms with van der Waals surface area (Å²) in [5.74, 6) is 0.324. The molecule has 172 valence electrons. The van der Waals surface area contributed by atoms with Gasteiger partial charge in [-0.25, -0.2) is 0 Å². The maximum absolute atomic E-state index is 13.4. The highest BCUT2D eigenvalue weighted by molar-refractivity contribution is 6.33. The van der Waals surface area contributed by atoms with Crippen molar-refractivity contribution in [3.05, 3.63) is 29.3 Å². The molecule has 7 nitrogen and oxygen atoms in total. The molecule has 2 aliphatic heterocycles. The predicted molar refractivity (Wildman–Crippen MR) is 123 cm³/mol. The molecule has 1 aromatic rings. The molecule has 0 aromatic heterocycles. The van der Waals surface area contributed by atoms with Gasteiger partial charge in [0.1, 0.15) is 0 Å². The number of amides is 2. The zero-order valence-electron chi connectivity index (χ0n) is 19.0. The monoisotopic (exact) mass is 450 g/mol. The van der Waals surface area contributed by atoms with Gasteiger partial charge < -0.3 is 15.0 Å². The fraction of sp³-hybridized carbons (Fsp3) is 0.652. The maximum atomic E-state index is 13.4. The number of para-hydroxylation sites is 1. The van der Waals surface area contributed by atoms with E-state index in [9.17, 15) is 9.59 Å². The normalized spacial score (nSPS) is 24.3. The van der Waals surface area contributed by atoms with Crippen molar-refractivity contribution in [1.29, 1.82) is 0 Å². The molecule has 2 fully saturated rings. The number of carbonyl (C=O) groups excluding carboxylic acids is 2. The summed E-state index contributed by atoms with van der Waals surface area (Å²) in [7, 11) is 0. The van der Waals surface area contributed by atoms with Crippen LogP contribution in [0.2, 0.25) is 5.02 Å². The first-order valence-corrected chi connectivity index (χ1v) is 11.6. The summed E-state index contributed by atoms with van der Waals surface area (Å²) in [6, 6.07) is 7.08. The molecule has 0 saturated carbocycles. The van der Waals surface area contributed by atoms with Crippen molar-refractivity contribution >= 4 is 29.1 Å². The van der Waals surface area contributed by atoms with Gasteiger partial charge in [-0.3, -0.25) is 19.4 Å². The van der Waals surface area contributed by atoms with Crippen molar-refractivity contribution in [2.24, 2.45) is 5.92 Å². The standard InChI is InChI=1S/C23H35ClN4O3/c1-16(2)22(28-13-17(3)31-18(4)14-28)23(30)27-11-9-26(10-12-27)15-21(29)25-20-8-6-5-7-19(20)24/h5-8,16-18,22H,9-15H2,1-4H3,(H,25,29).